The third kappa shape index (κ3) is 3.64. The van der Waals surface area contributed by atoms with Crippen LogP contribution in [0.5, 0.6) is 0 Å². The van der Waals surface area contributed by atoms with Gasteiger partial charge in [0.05, 0.1) is 11.3 Å². The predicted molar refractivity (Wildman–Crippen MR) is 97.4 cm³/mol. The van der Waals surface area contributed by atoms with Crippen LogP contribution in [-0.2, 0) is 7.05 Å². The van der Waals surface area contributed by atoms with Crippen LogP contribution in [0.3, 0.4) is 0 Å². The number of halogens is 1. The quantitative estimate of drug-likeness (QED) is 0.508. The van der Waals surface area contributed by atoms with Gasteiger partial charge in [-0.15, -0.1) is 10.2 Å². The molecule has 0 amide bonds. The van der Waals surface area contributed by atoms with Crippen molar-refractivity contribution in [1.29, 1.82) is 0 Å². The van der Waals surface area contributed by atoms with Crippen molar-refractivity contribution < 1.29 is 9.18 Å². The van der Waals surface area contributed by atoms with Crippen LogP contribution in [0.1, 0.15) is 21.5 Å². The number of rotatable bonds is 5. The fraction of sp³-hybridized carbons (Fsp3) is 0.211. The van der Waals surface area contributed by atoms with Crippen LogP contribution < -0.4 is 0 Å². The molecule has 0 aliphatic rings. The lowest BCUT2D eigenvalue weighted by Crippen LogP contribution is -2.04. The first-order chi connectivity index (χ1) is 12.0. The van der Waals surface area contributed by atoms with Gasteiger partial charge in [0.1, 0.15) is 5.82 Å². The van der Waals surface area contributed by atoms with Gasteiger partial charge in [-0.05, 0) is 43.2 Å². The highest BCUT2D eigenvalue weighted by molar-refractivity contribution is 7.99. The van der Waals surface area contributed by atoms with E-state index in [4.69, 9.17) is 0 Å². The van der Waals surface area contributed by atoms with Crippen LogP contribution >= 0.6 is 11.8 Å². The molecule has 0 bridgehead atoms. The standard InChI is InChI=1S/C19H18FN3OS/c1-12-8-9-14(10-13(12)2)17(24)11-25-19-22-21-18(23(19)3)15-6-4-5-7-16(15)20/h4-10H,11H2,1-3H3. The highest BCUT2D eigenvalue weighted by Gasteiger charge is 2.16. The summed E-state index contributed by atoms with van der Waals surface area (Å²) in [5, 5.41) is 8.73. The molecule has 0 unspecified atom stereocenters. The number of thioether (sulfide) groups is 1. The topological polar surface area (TPSA) is 47.8 Å². The summed E-state index contributed by atoms with van der Waals surface area (Å²) in [5.74, 6) is 0.384. The van der Waals surface area contributed by atoms with Gasteiger partial charge >= 0.3 is 0 Å². The molecule has 0 aliphatic heterocycles. The summed E-state index contributed by atoms with van der Waals surface area (Å²) in [6.07, 6.45) is 0. The number of nitrogens with zero attached hydrogens (tertiary/aromatic N) is 3. The van der Waals surface area contributed by atoms with Gasteiger partial charge in [-0.2, -0.15) is 0 Å². The molecule has 3 aromatic rings. The molecular weight excluding hydrogens is 337 g/mol. The van der Waals surface area contributed by atoms with E-state index < -0.39 is 0 Å². The van der Waals surface area contributed by atoms with Crippen molar-refractivity contribution >= 4 is 17.5 Å². The molecule has 0 fully saturated rings. The van der Waals surface area contributed by atoms with E-state index >= 15 is 0 Å². The van der Waals surface area contributed by atoms with Crippen molar-refractivity contribution in [2.75, 3.05) is 5.75 Å². The van der Waals surface area contributed by atoms with Gasteiger partial charge in [0.25, 0.3) is 0 Å². The Balaban J connectivity index is 1.75. The molecule has 4 nitrogen and oxygen atoms in total. The molecule has 0 N–H and O–H groups in total. The zero-order chi connectivity index (χ0) is 18.0. The van der Waals surface area contributed by atoms with Crippen molar-refractivity contribution in [3.05, 3.63) is 65.0 Å². The Morgan fingerprint density at radius 3 is 2.60 bits per heavy atom. The monoisotopic (exact) mass is 355 g/mol. The molecule has 25 heavy (non-hydrogen) atoms. The van der Waals surface area contributed by atoms with Crippen molar-refractivity contribution in [2.45, 2.75) is 19.0 Å². The number of carbonyl (C=O) groups is 1. The molecule has 0 atom stereocenters. The van der Waals surface area contributed by atoms with Gasteiger partial charge in [0.2, 0.25) is 0 Å². The Labute approximate surface area is 150 Å². The van der Waals surface area contributed by atoms with Crippen molar-refractivity contribution in [2.24, 2.45) is 7.05 Å². The van der Waals surface area contributed by atoms with E-state index in [-0.39, 0.29) is 17.4 Å². The number of aromatic nitrogens is 3. The Kier molecular flexibility index (Phi) is 4.99. The van der Waals surface area contributed by atoms with Crippen molar-refractivity contribution in [3.63, 3.8) is 0 Å². The van der Waals surface area contributed by atoms with Crippen LogP contribution in [0.15, 0.2) is 47.6 Å². The molecule has 3 rings (SSSR count). The van der Waals surface area contributed by atoms with E-state index in [9.17, 15) is 9.18 Å². The average molecular weight is 355 g/mol. The summed E-state index contributed by atoms with van der Waals surface area (Å²) < 4.78 is 15.6. The summed E-state index contributed by atoms with van der Waals surface area (Å²) in [6.45, 7) is 4.00. The number of Topliss-reactive ketones (excluding diaryl/α,β-unsaturated/α-hetero) is 1. The minimum atomic E-state index is -0.347. The molecular formula is C19H18FN3OS. The highest BCUT2D eigenvalue weighted by Crippen LogP contribution is 2.25. The van der Waals surface area contributed by atoms with E-state index in [1.807, 2.05) is 32.0 Å². The molecule has 6 heteroatoms. The smallest absolute Gasteiger partial charge is 0.191 e. The fourth-order valence-electron chi connectivity index (χ4n) is 2.45. The third-order valence-electron chi connectivity index (χ3n) is 4.11. The number of hydrogen-bond donors (Lipinski definition) is 0. The van der Waals surface area contributed by atoms with Crippen LogP contribution in [0, 0.1) is 19.7 Å². The van der Waals surface area contributed by atoms with Crippen molar-refractivity contribution in [1.82, 2.24) is 14.8 Å². The van der Waals surface area contributed by atoms with Gasteiger partial charge in [-0.3, -0.25) is 4.79 Å². The Hall–Kier alpha value is -2.47. The highest BCUT2D eigenvalue weighted by atomic mass is 32.2. The second kappa shape index (κ2) is 7.19. The SMILES string of the molecule is Cc1ccc(C(=O)CSc2nnc(-c3ccccc3F)n2C)cc1C. The first kappa shape index (κ1) is 17.4. The molecule has 128 valence electrons. The van der Waals surface area contributed by atoms with E-state index in [0.717, 1.165) is 11.1 Å². The second-order valence-electron chi connectivity index (χ2n) is 5.86. The molecule has 0 radical (unpaired) electrons. The maximum Gasteiger partial charge on any atom is 0.191 e. The average Bonchev–Trinajstić information content (AvgIpc) is 2.96. The first-order valence-corrected chi connectivity index (χ1v) is 8.83. The summed E-state index contributed by atoms with van der Waals surface area (Å²) in [6, 6.07) is 12.1. The number of ketones is 1. The largest absolute Gasteiger partial charge is 0.305 e. The summed E-state index contributed by atoms with van der Waals surface area (Å²) in [4.78, 5) is 12.4. The van der Waals surface area contributed by atoms with E-state index in [1.165, 1.54) is 17.8 Å². The van der Waals surface area contributed by atoms with E-state index in [1.54, 1.807) is 29.8 Å². The van der Waals surface area contributed by atoms with Crippen molar-refractivity contribution in [3.8, 4) is 11.4 Å². The minimum Gasteiger partial charge on any atom is -0.305 e. The number of carbonyl (C=O) groups excluding carboxylic acids is 1. The molecule has 0 spiro atoms. The van der Waals surface area contributed by atoms with Gasteiger partial charge < -0.3 is 4.57 Å². The van der Waals surface area contributed by atoms with Crippen LogP contribution in [0.2, 0.25) is 0 Å². The fourth-order valence-corrected chi connectivity index (χ4v) is 3.25. The van der Waals surface area contributed by atoms with Gasteiger partial charge in [-0.1, -0.05) is 36.0 Å². The van der Waals surface area contributed by atoms with Crippen LogP contribution in [0.25, 0.3) is 11.4 Å². The Bertz CT molecular complexity index is 936. The molecule has 0 aliphatic carbocycles. The maximum atomic E-state index is 13.9. The molecule has 1 aromatic heterocycles. The van der Waals surface area contributed by atoms with Gasteiger partial charge in [0.15, 0.2) is 16.8 Å². The number of hydrogen-bond acceptors (Lipinski definition) is 4. The van der Waals surface area contributed by atoms with E-state index in [0.29, 0.717) is 22.1 Å². The molecule has 1 heterocycles. The lowest BCUT2D eigenvalue weighted by molar-refractivity contribution is 0.102. The second-order valence-corrected chi connectivity index (χ2v) is 6.80. The first-order valence-electron chi connectivity index (χ1n) is 7.85. The zero-order valence-corrected chi connectivity index (χ0v) is 15.1. The van der Waals surface area contributed by atoms with Gasteiger partial charge in [-0.25, -0.2) is 4.39 Å². The minimum absolute atomic E-state index is 0.0311. The predicted octanol–water partition coefficient (Wildman–Crippen LogP) is 4.21. The molecule has 2 aromatic carbocycles. The normalized spacial score (nSPS) is 10.9. The zero-order valence-electron chi connectivity index (χ0n) is 14.3. The van der Waals surface area contributed by atoms with Crippen LogP contribution in [0.4, 0.5) is 4.39 Å². The summed E-state index contributed by atoms with van der Waals surface area (Å²) in [7, 11) is 1.77. The number of aryl methyl sites for hydroxylation is 2. The maximum absolute atomic E-state index is 13.9. The summed E-state index contributed by atoms with van der Waals surface area (Å²) in [5.41, 5.74) is 3.33. The van der Waals surface area contributed by atoms with Gasteiger partial charge in [0, 0.05) is 12.6 Å². The lowest BCUT2D eigenvalue weighted by Gasteiger charge is -2.06. The summed E-state index contributed by atoms with van der Waals surface area (Å²) >= 11 is 1.30. The van der Waals surface area contributed by atoms with E-state index in [2.05, 4.69) is 10.2 Å². The lowest BCUT2D eigenvalue weighted by atomic mass is 10.0. The molecule has 0 saturated heterocycles. The Morgan fingerprint density at radius 2 is 1.88 bits per heavy atom. The Morgan fingerprint density at radius 1 is 1.12 bits per heavy atom. The number of benzene rings is 2. The van der Waals surface area contributed by atoms with Crippen LogP contribution in [-0.4, -0.2) is 26.3 Å². The molecule has 0 saturated carbocycles. The third-order valence-corrected chi connectivity index (χ3v) is 5.13.